The molecule has 0 aromatic carbocycles. The number of nitrogens with zero attached hydrogens (tertiary/aromatic N) is 1. The van der Waals surface area contributed by atoms with E-state index in [0.717, 1.165) is 0 Å². The molecule has 0 amide bonds. The molecule has 2 nitrogen and oxygen atoms in total. The number of hydrogen-bond acceptors (Lipinski definition) is 3. The average molecular weight is 226 g/mol. The quantitative estimate of drug-likeness (QED) is 0.837. The number of rotatable bonds is 2. The van der Waals surface area contributed by atoms with Gasteiger partial charge in [0.1, 0.15) is 0 Å². The first-order valence-corrected chi connectivity index (χ1v) is 6.31. The molecule has 1 aromatic rings. The minimum atomic E-state index is 0.0872. The maximum Gasteiger partial charge on any atom is 0.0957 e. The standard InChI is InChI=1S/C12H22N2S/c1-7(2)11-14-10(12(4,5)6)9(15-11)8(3)13/h7-8H,13H2,1-6H3. The fourth-order valence-electron chi connectivity index (χ4n) is 1.44. The van der Waals surface area contributed by atoms with Gasteiger partial charge in [0.2, 0.25) is 0 Å². The van der Waals surface area contributed by atoms with Crippen molar-refractivity contribution in [3.05, 3.63) is 15.6 Å². The van der Waals surface area contributed by atoms with Crippen LogP contribution in [0.25, 0.3) is 0 Å². The van der Waals surface area contributed by atoms with E-state index in [1.807, 2.05) is 6.92 Å². The van der Waals surface area contributed by atoms with Crippen molar-refractivity contribution in [2.45, 2.75) is 58.9 Å². The van der Waals surface area contributed by atoms with Crippen LogP contribution in [0.3, 0.4) is 0 Å². The van der Waals surface area contributed by atoms with Crippen molar-refractivity contribution in [1.29, 1.82) is 0 Å². The summed E-state index contributed by atoms with van der Waals surface area (Å²) in [5, 5.41) is 1.20. The largest absolute Gasteiger partial charge is 0.323 e. The molecule has 0 bridgehead atoms. The van der Waals surface area contributed by atoms with Crippen molar-refractivity contribution in [3.8, 4) is 0 Å². The molecule has 0 aliphatic carbocycles. The Kier molecular flexibility index (Phi) is 3.56. The summed E-state index contributed by atoms with van der Waals surface area (Å²) in [7, 11) is 0. The summed E-state index contributed by atoms with van der Waals surface area (Å²) in [5.74, 6) is 0.489. The summed E-state index contributed by atoms with van der Waals surface area (Å²) in [6.45, 7) is 13.0. The lowest BCUT2D eigenvalue weighted by atomic mass is 9.90. The maximum atomic E-state index is 6.00. The fourth-order valence-corrected chi connectivity index (χ4v) is 2.67. The van der Waals surface area contributed by atoms with E-state index < -0.39 is 0 Å². The van der Waals surface area contributed by atoms with Crippen LogP contribution in [0.15, 0.2) is 0 Å². The van der Waals surface area contributed by atoms with E-state index in [2.05, 4.69) is 34.6 Å². The van der Waals surface area contributed by atoms with Gasteiger partial charge in [0.15, 0.2) is 0 Å². The first kappa shape index (κ1) is 12.7. The lowest BCUT2D eigenvalue weighted by Gasteiger charge is -2.18. The first-order valence-electron chi connectivity index (χ1n) is 5.50. The van der Waals surface area contributed by atoms with Crippen molar-refractivity contribution in [1.82, 2.24) is 4.98 Å². The van der Waals surface area contributed by atoms with Gasteiger partial charge in [-0.15, -0.1) is 11.3 Å². The molecule has 0 fully saturated rings. The van der Waals surface area contributed by atoms with E-state index in [-0.39, 0.29) is 11.5 Å². The molecule has 1 rings (SSSR count). The van der Waals surface area contributed by atoms with Crippen molar-refractivity contribution < 1.29 is 0 Å². The molecule has 0 radical (unpaired) electrons. The molecule has 86 valence electrons. The van der Waals surface area contributed by atoms with Gasteiger partial charge in [-0.2, -0.15) is 0 Å². The number of nitrogens with two attached hydrogens (primary N) is 1. The Labute approximate surface area is 96.9 Å². The predicted octanol–water partition coefficient (Wildman–Crippen LogP) is 3.58. The summed E-state index contributed by atoms with van der Waals surface area (Å²) < 4.78 is 0. The highest BCUT2D eigenvalue weighted by molar-refractivity contribution is 7.12. The second-order valence-corrected chi connectivity index (χ2v) is 6.52. The Morgan fingerprint density at radius 2 is 1.73 bits per heavy atom. The van der Waals surface area contributed by atoms with Gasteiger partial charge in [-0.25, -0.2) is 4.98 Å². The molecule has 15 heavy (non-hydrogen) atoms. The second kappa shape index (κ2) is 4.22. The minimum absolute atomic E-state index is 0.0872. The number of thiazole rings is 1. The molecular formula is C12H22N2S. The lowest BCUT2D eigenvalue weighted by molar-refractivity contribution is 0.557. The summed E-state index contributed by atoms with van der Waals surface area (Å²) in [6, 6.07) is 0.0872. The van der Waals surface area contributed by atoms with Crippen LogP contribution in [-0.4, -0.2) is 4.98 Å². The van der Waals surface area contributed by atoms with Crippen molar-refractivity contribution in [2.24, 2.45) is 5.73 Å². The topological polar surface area (TPSA) is 38.9 Å². The van der Waals surface area contributed by atoms with Crippen molar-refractivity contribution >= 4 is 11.3 Å². The van der Waals surface area contributed by atoms with Crippen molar-refractivity contribution in [3.63, 3.8) is 0 Å². The monoisotopic (exact) mass is 226 g/mol. The Morgan fingerprint density at radius 1 is 1.20 bits per heavy atom. The molecule has 0 spiro atoms. The zero-order valence-electron chi connectivity index (χ0n) is 10.6. The van der Waals surface area contributed by atoms with Gasteiger partial charge in [0.25, 0.3) is 0 Å². The molecule has 0 aliphatic rings. The molecule has 1 unspecified atom stereocenters. The fraction of sp³-hybridized carbons (Fsp3) is 0.750. The van der Waals surface area contributed by atoms with E-state index >= 15 is 0 Å². The normalized spacial score (nSPS) is 14.7. The van der Waals surface area contributed by atoms with Crippen LogP contribution in [0.2, 0.25) is 0 Å². The first-order chi connectivity index (χ1) is 6.73. The number of aromatic nitrogens is 1. The Bertz CT molecular complexity index is 332. The van der Waals surface area contributed by atoms with Crippen LogP contribution >= 0.6 is 11.3 Å². The van der Waals surface area contributed by atoms with Crippen LogP contribution in [0.1, 0.15) is 69.1 Å². The van der Waals surface area contributed by atoms with Gasteiger partial charge in [0, 0.05) is 22.3 Å². The maximum absolute atomic E-state index is 6.00. The third-order valence-corrected chi connectivity index (χ3v) is 3.84. The van der Waals surface area contributed by atoms with Gasteiger partial charge in [-0.3, -0.25) is 0 Å². The molecule has 2 N–H and O–H groups in total. The average Bonchev–Trinajstić information content (AvgIpc) is 2.45. The van der Waals surface area contributed by atoms with Gasteiger partial charge in [-0.1, -0.05) is 34.6 Å². The van der Waals surface area contributed by atoms with E-state index in [1.165, 1.54) is 15.6 Å². The van der Waals surface area contributed by atoms with Crippen LogP contribution in [0.5, 0.6) is 0 Å². The van der Waals surface area contributed by atoms with E-state index in [9.17, 15) is 0 Å². The molecule has 0 aliphatic heterocycles. The van der Waals surface area contributed by atoms with E-state index in [1.54, 1.807) is 11.3 Å². The smallest absolute Gasteiger partial charge is 0.0957 e. The van der Waals surface area contributed by atoms with Crippen LogP contribution in [0, 0.1) is 0 Å². The third-order valence-electron chi connectivity index (χ3n) is 2.29. The van der Waals surface area contributed by atoms with Gasteiger partial charge in [-0.05, 0) is 6.92 Å². The third kappa shape index (κ3) is 2.79. The molecular weight excluding hydrogens is 204 g/mol. The highest BCUT2D eigenvalue weighted by atomic mass is 32.1. The predicted molar refractivity (Wildman–Crippen MR) is 67.5 cm³/mol. The van der Waals surface area contributed by atoms with Crippen LogP contribution < -0.4 is 5.73 Å². The summed E-state index contributed by atoms with van der Waals surface area (Å²) >= 11 is 1.77. The lowest BCUT2D eigenvalue weighted by Crippen LogP contribution is -2.17. The van der Waals surface area contributed by atoms with Crippen LogP contribution in [-0.2, 0) is 5.41 Å². The summed E-state index contributed by atoms with van der Waals surface area (Å²) in [5.41, 5.74) is 7.26. The zero-order valence-corrected chi connectivity index (χ0v) is 11.4. The van der Waals surface area contributed by atoms with Gasteiger partial charge < -0.3 is 5.73 Å². The van der Waals surface area contributed by atoms with Gasteiger partial charge >= 0.3 is 0 Å². The minimum Gasteiger partial charge on any atom is -0.323 e. The van der Waals surface area contributed by atoms with E-state index in [4.69, 9.17) is 10.7 Å². The Balaban J connectivity index is 3.24. The van der Waals surface area contributed by atoms with Crippen LogP contribution in [0.4, 0.5) is 0 Å². The van der Waals surface area contributed by atoms with E-state index in [0.29, 0.717) is 5.92 Å². The second-order valence-electron chi connectivity index (χ2n) is 5.46. The summed E-state index contributed by atoms with van der Waals surface area (Å²) in [4.78, 5) is 5.98. The zero-order chi connectivity index (χ0) is 11.8. The molecule has 1 aromatic heterocycles. The Hall–Kier alpha value is -0.410. The number of hydrogen-bond donors (Lipinski definition) is 1. The molecule has 3 heteroatoms. The summed E-state index contributed by atoms with van der Waals surface area (Å²) in [6.07, 6.45) is 0. The molecule has 0 saturated heterocycles. The highest BCUT2D eigenvalue weighted by Gasteiger charge is 2.25. The molecule has 1 heterocycles. The van der Waals surface area contributed by atoms with Gasteiger partial charge in [0.05, 0.1) is 10.7 Å². The SMILES string of the molecule is CC(C)c1nc(C(C)(C)C)c(C(C)N)s1. The highest BCUT2D eigenvalue weighted by Crippen LogP contribution is 2.35. The molecule has 1 atom stereocenters. The van der Waals surface area contributed by atoms with Crippen molar-refractivity contribution in [2.75, 3.05) is 0 Å². The Morgan fingerprint density at radius 3 is 2.00 bits per heavy atom. The molecule has 0 saturated carbocycles.